The fourth-order valence-corrected chi connectivity index (χ4v) is 16.1. The second-order valence-electron chi connectivity index (χ2n) is 28.1. The van der Waals surface area contributed by atoms with E-state index in [0.717, 1.165) is 251 Å². The Morgan fingerprint density at radius 1 is 0.350 bits per heavy atom. The molecule has 0 aliphatic carbocycles. The van der Waals surface area contributed by atoms with Gasteiger partial charge in [-0.25, -0.2) is 44.3 Å². The summed E-state index contributed by atoms with van der Waals surface area (Å²) in [7, 11) is 6.64. The lowest BCUT2D eigenvalue weighted by Crippen LogP contribution is -1.90. The third-order valence-corrected chi connectivity index (χ3v) is 21.4. The van der Waals surface area contributed by atoms with Gasteiger partial charge in [-0.2, -0.15) is 0 Å². The van der Waals surface area contributed by atoms with E-state index < -0.39 is 0 Å². The van der Waals surface area contributed by atoms with Gasteiger partial charge in [0.1, 0.15) is 99.8 Å². The number of nitrogens with one attached hydrogen (secondary N) is 7. The van der Waals surface area contributed by atoms with Gasteiger partial charge in [-0.05, 0) is 140 Å². The van der Waals surface area contributed by atoms with Gasteiger partial charge < -0.3 is 76.3 Å². The van der Waals surface area contributed by atoms with E-state index in [1.807, 2.05) is 141 Å². The molecule has 22 rings (SSSR count). The van der Waals surface area contributed by atoms with Crippen molar-refractivity contribution in [2.24, 2.45) is 0 Å². The van der Waals surface area contributed by atoms with Gasteiger partial charge in [0.05, 0.1) is 142 Å². The van der Waals surface area contributed by atoms with Crippen molar-refractivity contribution in [3.8, 4) is 113 Å². The molecule has 0 radical (unpaired) electrons. The number of aromatic nitrogens is 20. The Hall–Kier alpha value is -15.6. The minimum atomic E-state index is -0.289. The number of hydrogen-bond donors (Lipinski definition) is 7. The molecule has 22 aromatic rings. The number of methoxy groups -OCH3 is 4. The maximum Gasteiger partial charge on any atom is 0.142 e. The number of benzene rings is 5. The van der Waals surface area contributed by atoms with Crippen molar-refractivity contribution in [3.63, 3.8) is 0 Å². The van der Waals surface area contributed by atoms with E-state index in [-0.39, 0.29) is 5.82 Å². The molecule has 0 amide bonds. The predicted molar refractivity (Wildman–Crippen MR) is 441 cm³/mol. The van der Waals surface area contributed by atoms with Gasteiger partial charge in [-0.1, -0.05) is 20.6 Å². The molecular formula is C87H69FN20O9. The maximum atomic E-state index is 13.7. The molecule has 0 unspecified atom stereocenters. The minimum Gasteiger partial charge on any atom is -0.496 e. The van der Waals surface area contributed by atoms with E-state index in [1.54, 1.807) is 72.2 Å². The van der Waals surface area contributed by atoms with Gasteiger partial charge in [0.2, 0.25) is 0 Å². The Kier molecular flexibility index (Phi) is 17.5. The molecule has 0 atom stereocenters. The van der Waals surface area contributed by atoms with Crippen molar-refractivity contribution in [3.05, 3.63) is 212 Å². The van der Waals surface area contributed by atoms with E-state index in [1.165, 1.54) is 18.5 Å². The molecule has 30 heteroatoms. The van der Waals surface area contributed by atoms with E-state index >= 15 is 0 Å². The van der Waals surface area contributed by atoms with Crippen LogP contribution in [0.15, 0.2) is 182 Å². The molecule has 0 saturated carbocycles. The molecule has 17 aromatic heterocycles. The summed E-state index contributed by atoms with van der Waals surface area (Å²) in [5.74, 6) is 5.62. The van der Waals surface area contributed by atoms with Crippen LogP contribution in [0.2, 0.25) is 0 Å². The Labute approximate surface area is 660 Å². The molecule has 29 nitrogen and oxygen atoms in total. The van der Waals surface area contributed by atoms with Gasteiger partial charge in [0.25, 0.3) is 0 Å². The molecule has 0 aliphatic heterocycles. The Balaban J connectivity index is 0.000000104. The summed E-state index contributed by atoms with van der Waals surface area (Å²) < 4.78 is 63.3. The highest BCUT2D eigenvalue weighted by Crippen LogP contribution is 2.48. The van der Waals surface area contributed by atoms with Crippen molar-refractivity contribution >= 4 is 110 Å². The van der Waals surface area contributed by atoms with Crippen LogP contribution in [-0.2, 0) is 0 Å². The number of ether oxygens (including phenoxy) is 4. The third kappa shape index (κ3) is 12.0. The van der Waals surface area contributed by atoms with Crippen molar-refractivity contribution in [2.45, 2.75) is 55.4 Å². The van der Waals surface area contributed by atoms with Gasteiger partial charge in [0.15, 0.2) is 0 Å². The van der Waals surface area contributed by atoms with Gasteiger partial charge in [-0.15, -0.1) is 0 Å². The lowest BCUT2D eigenvalue weighted by molar-refractivity contribution is 0.393. The van der Waals surface area contributed by atoms with E-state index in [0.29, 0.717) is 16.9 Å². The van der Waals surface area contributed by atoms with Crippen LogP contribution in [0.3, 0.4) is 0 Å². The first-order valence-corrected chi connectivity index (χ1v) is 37.0. The van der Waals surface area contributed by atoms with Crippen molar-refractivity contribution in [2.75, 3.05) is 28.4 Å². The first kappa shape index (κ1) is 71.7. The zero-order valence-corrected chi connectivity index (χ0v) is 64.9. The van der Waals surface area contributed by atoms with Gasteiger partial charge in [0, 0.05) is 135 Å². The number of pyridine rings is 1. The lowest BCUT2D eigenvalue weighted by Gasteiger charge is -2.09. The molecule has 5 aromatic carbocycles. The highest BCUT2D eigenvalue weighted by atomic mass is 19.1. The smallest absolute Gasteiger partial charge is 0.142 e. The molecule has 0 spiro atoms. The van der Waals surface area contributed by atoms with E-state index in [4.69, 9.17) is 41.5 Å². The predicted octanol–water partition coefficient (Wildman–Crippen LogP) is 19.7. The average Bonchev–Trinajstić information content (AvgIpc) is 1.69. The van der Waals surface area contributed by atoms with Crippen LogP contribution in [0.1, 0.15) is 45.8 Å². The van der Waals surface area contributed by atoms with Crippen molar-refractivity contribution in [1.29, 1.82) is 0 Å². The number of H-pyrrole nitrogens is 7. The van der Waals surface area contributed by atoms with Gasteiger partial charge in [-0.3, -0.25) is 4.98 Å². The summed E-state index contributed by atoms with van der Waals surface area (Å²) in [6.45, 7) is 15.3. The summed E-state index contributed by atoms with van der Waals surface area (Å²) in [4.78, 5) is 63.3. The SMILES string of the molecule is COc1cc2c(cc1-c1c(C)noc1C)[nH]c1ncnc(-c3c[nH]c4cc(F)ccc34)c12.COc1cc2c(cc1-c1c(C)noc1C)[nH]c1ncnc(-c3c[nH]c4cnccc34)c12.COc1cc2c(cc1-c1c(C)noc1C)[nH]c1ncnc(-c3cc[nH]c3)c12.COc1cc2c(cc1-c1c(C)noc1C)[nH]c1ncnc(-c3ccoc3)c12. The topological polar surface area (TPSA) is 381 Å². The first-order chi connectivity index (χ1) is 57.0. The first-order valence-electron chi connectivity index (χ1n) is 37.0. The highest BCUT2D eigenvalue weighted by Gasteiger charge is 2.28. The monoisotopic (exact) mass is 1560 g/mol. The van der Waals surface area contributed by atoms with Crippen LogP contribution in [-0.4, -0.2) is 129 Å². The number of halogens is 1. The van der Waals surface area contributed by atoms with E-state index in [2.05, 4.69) is 113 Å². The number of nitrogens with zero attached hydrogens (tertiary/aromatic N) is 13. The Bertz CT molecular complexity index is 7340. The summed E-state index contributed by atoms with van der Waals surface area (Å²) in [6, 6.07) is 26.8. The second-order valence-corrected chi connectivity index (χ2v) is 28.1. The van der Waals surface area contributed by atoms with Crippen LogP contribution in [0.4, 0.5) is 4.39 Å². The fraction of sp³-hybridized carbons (Fsp3) is 0.138. The van der Waals surface area contributed by atoms with Crippen LogP contribution >= 0.6 is 0 Å². The van der Waals surface area contributed by atoms with Crippen LogP contribution in [0.5, 0.6) is 23.0 Å². The molecule has 0 aliphatic rings. The minimum absolute atomic E-state index is 0.289. The number of fused-ring (bicyclic) bond motifs is 14. The van der Waals surface area contributed by atoms with Crippen molar-refractivity contribution in [1.82, 2.24) is 100 Å². The fourth-order valence-electron chi connectivity index (χ4n) is 16.1. The van der Waals surface area contributed by atoms with Crippen LogP contribution in [0.25, 0.3) is 199 Å². The number of hydrogen-bond acceptors (Lipinski definition) is 22. The normalized spacial score (nSPS) is 11.6. The zero-order chi connectivity index (χ0) is 80.2. The van der Waals surface area contributed by atoms with Gasteiger partial charge >= 0.3 is 0 Å². The summed E-state index contributed by atoms with van der Waals surface area (Å²) in [5.41, 5.74) is 26.2. The number of aromatic amines is 7. The molecule has 0 saturated heterocycles. The zero-order valence-electron chi connectivity index (χ0n) is 64.9. The average molecular weight is 1560 g/mol. The molecule has 578 valence electrons. The summed E-state index contributed by atoms with van der Waals surface area (Å²) >= 11 is 0. The standard InChI is InChI=1S/C24H18FN5O2.C23H18N6O2.C20H17N5O2.C20H16N4O3/c1-11-21(12(2)32-30-11)16-7-19-15(8-20(16)31-3)22-23(27-10-28-24(22)29-19)17-9-26-18-6-13(25)4-5-14(17)18;1-11-20(12(2)31-29-11)15-6-17-14(7-19(15)30-3)21-22(26-10-27-23(21)28-17)16-8-25-18-9-24-5-4-13(16)18;1-10-17(11(2)27-25-10)14-6-15-13(7-16(14)26-3)18-19(12-4-5-21-8-12)22-9-23-20(18)24-15;1-10-17(11(2)27-24-10)14-6-15-13(7-16(14)25-3)18-19(12-4-5-26-8-12)21-9-22-20(18)23-15/h4-10,26H,1-3H3,(H,27,28,29);4-10,25H,1-3H3,(H,26,27,28);4-9,21H,1-3H3,(H,22,23,24);4-9H,1-3H3,(H,21,22,23). The largest absolute Gasteiger partial charge is 0.496 e. The number of rotatable bonds is 12. The van der Waals surface area contributed by atoms with E-state index in [9.17, 15) is 4.39 Å². The molecular weight excluding hydrogens is 1490 g/mol. The highest BCUT2D eigenvalue weighted by molar-refractivity contribution is 6.19. The lowest BCUT2D eigenvalue weighted by atomic mass is 9.99. The van der Waals surface area contributed by atoms with Crippen molar-refractivity contribution < 1.29 is 45.8 Å². The molecule has 7 N–H and O–H groups in total. The maximum absolute atomic E-state index is 13.7. The molecule has 0 fully saturated rings. The number of aryl methyl sites for hydroxylation is 8. The Morgan fingerprint density at radius 3 is 1.09 bits per heavy atom. The summed E-state index contributed by atoms with van der Waals surface area (Å²) in [6.07, 6.45) is 20.8. The summed E-state index contributed by atoms with van der Waals surface area (Å²) in [5, 5.41) is 25.9. The quantitative estimate of drug-likeness (QED) is 0.0597. The third-order valence-electron chi connectivity index (χ3n) is 21.4. The number of furan rings is 1. The second kappa shape index (κ2) is 28.5. The van der Waals surface area contributed by atoms with Crippen LogP contribution in [0, 0.1) is 61.2 Å². The molecule has 117 heavy (non-hydrogen) atoms. The molecule has 17 heterocycles. The Morgan fingerprint density at radius 2 is 0.726 bits per heavy atom. The van der Waals surface area contributed by atoms with Crippen LogP contribution < -0.4 is 18.9 Å². The molecule has 0 bridgehead atoms.